The number of pyridine rings is 1. The van der Waals surface area contributed by atoms with Crippen LogP contribution in [0, 0.1) is 20.8 Å². The van der Waals surface area contributed by atoms with Crippen molar-refractivity contribution >= 4 is 33.1 Å². The standard InChI is InChI=1S/C31H29N3O/c1-18-11-16-23(28-27(18)24-17-19(2)20(3)32-30(24)35-28)29-33-25-9-7-8-10-26(25)34(29)22-14-12-21(13-15-22)31(4,5)6/h7-17H,1-6H3. The zero-order valence-electron chi connectivity index (χ0n) is 21.1. The molecule has 4 heteroatoms. The summed E-state index contributed by atoms with van der Waals surface area (Å²) in [5.74, 6) is 0.868. The molecule has 6 aromatic rings. The van der Waals surface area contributed by atoms with Crippen molar-refractivity contribution in [2.75, 3.05) is 0 Å². The highest BCUT2D eigenvalue weighted by atomic mass is 16.3. The van der Waals surface area contributed by atoms with Crippen molar-refractivity contribution in [2.24, 2.45) is 0 Å². The Bertz CT molecular complexity index is 1740. The normalized spacial score (nSPS) is 12.3. The highest BCUT2D eigenvalue weighted by Gasteiger charge is 2.22. The van der Waals surface area contributed by atoms with Gasteiger partial charge in [0.15, 0.2) is 0 Å². The van der Waals surface area contributed by atoms with E-state index in [1.54, 1.807) is 0 Å². The van der Waals surface area contributed by atoms with E-state index in [0.717, 1.165) is 55.7 Å². The second-order valence-electron chi connectivity index (χ2n) is 10.5. The van der Waals surface area contributed by atoms with E-state index in [9.17, 15) is 0 Å². The number of hydrogen-bond donors (Lipinski definition) is 0. The number of para-hydroxylation sites is 2. The predicted molar refractivity (Wildman–Crippen MR) is 144 cm³/mol. The van der Waals surface area contributed by atoms with Gasteiger partial charge in [0.05, 0.1) is 16.6 Å². The molecule has 0 amide bonds. The molecule has 0 N–H and O–H groups in total. The van der Waals surface area contributed by atoms with E-state index in [4.69, 9.17) is 14.4 Å². The second-order valence-corrected chi connectivity index (χ2v) is 10.5. The molecule has 0 radical (unpaired) electrons. The van der Waals surface area contributed by atoms with E-state index < -0.39 is 0 Å². The van der Waals surface area contributed by atoms with Crippen LogP contribution in [0.3, 0.4) is 0 Å². The molecule has 0 fully saturated rings. The van der Waals surface area contributed by atoms with Gasteiger partial charge in [0.1, 0.15) is 11.4 Å². The molecule has 0 bridgehead atoms. The summed E-state index contributed by atoms with van der Waals surface area (Å²) in [6.07, 6.45) is 0. The maximum absolute atomic E-state index is 6.44. The Balaban J connectivity index is 1.67. The van der Waals surface area contributed by atoms with Crippen molar-refractivity contribution in [3.8, 4) is 17.1 Å². The molecule has 4 nitrogen and oxygen atoms in total. The van der Waals surface area contributed by atoms with Gasteiger partial charge in [0.25, 0.3) is 0 Å². The first-order valence-corrected chi connectivity index (χ1v) is 12.1. The number of benzene rings is 3. The second kappa shape index (κ2) is 7.54. The van der Waals surface area contributed by atoms with Crippen molar-refractivity contribution in [3.63, 3.8) is 0 Å². The average molecular weight is 460 g/mol. The molecule has 6 rings (SSSR count). The van der Waals surface area contributed by atoms with Gasteiger partial charge in [-0.25, -0.2) is 9.97 Å². The molecule has 0 aliphatic carbocycles. The van der Waals surface area contributed by atoms with Crippen LogP contribution in [0.15, 0.2) is 71.1 Å². The maximum Gasteiger partial charge on any atom is 0.227 e. The van der Waals surface area contributed by atoms with E-state index in [1.165, 1.54) is 11.1 Å². The number of furan rings is 1. The van der Waals surface area contributed by atoms with Crippen molar-refractivity contribution in [1.29, 1.82) is 0 Å². The first-order chi connectivity index (χ1) is 16.7. The van der Waals surface area contributed by atoms with Crippen LogP contribution in [0.5, 0.6) is 0 Å². The smallest absolute Gasteiger partial charge is 0.227 e. The van der Waals surface area contributed by atoms with Crippen LogP contribution < -0.4 is 0 Å². The summed E-state index contributed by atoms with van der Waals surface area (Å²) >= 11 is 0. The lowest BCUT2D eigenvalue weighted by Gasteiger charge is -2.19. The Labute approximate surface area is 205 Å². The summed E-state index contributed by atoms with van der Waals surface area (Å²) in [6.45, 7) is 13.0. The molecular formula is C31H29N3O. The monoisotopic (exact) mass is 459 g/mol. The predicted octanol–water partition coefficient (Wildman–Crippen LogP) is 8.21. The lowest BCUT2D eigenvalue weighted by Crippen LogP contribution is -2.11. The Morgan fingerprint density at radius 2 is 1.54 bits per heavy atom. The Hall–Kier alpha value is -3.92. The highest BCUT2D eigenvalue weighted by molar-refractivity contribution is 6.10. The van der Waals surface area contributed by atoms with E-state index in [0.29, 0.717) is 5.71 Å². The third-order valence-electron chi connectivity index (χ3n) is 7.06. The van der Waals surface area contributed by atoms with Gasteiger partial charge in [-0.2, -0.15) is 0 Å². The summed E-state index contributed by atoms with van der Waals surface area (Å²) in [6, 6.07) is 23.6. The zero-order valence-corrected chi connectivity index (χ0v) is 21.1. The van der Waals surface area contributed by atoms with Crippen LogP contribution in [0.1, 0.15) is 43.2 Å². The molecule has 0 saturated heterocycles. The van der Waals surface area contributed by atoms with Crippen LogP contribution in [-0.2, 0) is 5.41 Å². The minimum absolute atomic E-state index is 0.0963. The van der Waals surface area contributed by atoms with Crippen LogP contribution in [0.4, 0.5) is 0 Å². The van der Waals surface area contributed by atoms with Crippen LogP contribution in [-0.4, -0.2) is 14.5 Å². The van der Waals surface area contributed by atoms with Crippen molar-refractivity contribution in [3.05, 3.63) is 89.1 Å². The molecule has 3 aromatic carbocycles. The molecule has 3 aromatic heterocycles. The molecule has 35 heavy (non-hydrogen) atoms. The van der Waals surface area contributed by atoms with Crippen LogP contribution in [0.2, 0.25) is 0 Å². The third kappa shape index (κ3) is 3.35. The Kier molecular flexibility index (Phi) is 4.65. The molecule has 174 valence electrons. The topological polar surface area (TPSA) is 43.9 Å². The number of rotatable bonds is 2. The molecule has 0 aliphatic heterocycles. The minimum Gasteiger partial charge on any atom is -0.437 e. The summed E-state index contributed by atoms with van der Waals surface area (Å²) in [5.41, 5.74) is 10.3. The van der Waals surface area contributed by atoms with E-state index in [1.807, 2.05) is 13.0 Å². The molecule has 0 atom stereocenters. The number of aromatic nitrogens is 3. The van der Waals surface area contributed by atoms with Gasteiger partial charge in [0, 0.05) is 22.2 Å². The first kappa shape index (κ1) is 21.6. The molecule has 3 heterocycles. The fourth-order valence-electron chi connectivity index (χ4n) is 4.91. The van der Waals surface area contributed by atoms with Gasteiger partial charge in [0.2, 0.25) is 5.71 Å². The van der Waals surface area contributed by atoms with Crippen molar-refractivity contribution in [2.45, 2.75) is 47.0 Å². The third-order valence-corrected chi connectivity index (χ3v) is 7.06. The summed E-state index contributed by atoms with van der Waals surface area (Å²) in [7, 11) is 0. The summed E-state index contributed by atoms with van der Waals surface area (Å²) < 4.78 is 8.68. The van der Waals surface area contributed by atoms with Gasteiger partial charge in [-0.05, 0) is 79.3 Å². The van der Waals surface area contributed by atoms with Crippen molar-refractivity contribution in [1.82, 2.24) is 14.5 Å². The zero-order chi connectivity index (χ0) is 24.5. The molecule has 0 spiro atoms. The summed E-state index contributed by atoms with van der Waals surface area (Å²) in [5, 5.41) is 2.16. The van der Waals surface area contributed by atoms with E-state index in [2.05, 4.69) is 99.8 Å². The van der Waals surface area contributed by atoms with Gasteiger partial charge in [-0.15, -0.1) is 0 Å². The number of hydrogen-bond acceptors (Lipinski definition) is 3. The first-order valence-electron chi connectivity index (χ1n) is 12.1. The lowest BCUT2D eigenvalue weighted by atomic mass is 9.87. The van der Waals surface area contributed by atoms with Gasteiger partial charge in [-0.3, -0.25) is 4.57 Å². The Morgan fingerprint density at radius 1 is 0.800 bits per heavy atom. The number of aryl methyl sites for hydroxylation is 3. The Morgan fingerprint density at radius 3 is 2.29 bits per heavy atom. The SMILES string of the molecule is Cc1cc2c(nc1C)oc1c(-c3nc4ccccc4n3-c3ccc(C(C)(C)C)cc3)ccc(C)c12. The van der Waals surface area contributed by atoms with Crippen LogP contribution in [0.25, 0.3) is 50.2 Å². The molecule has 0 saturated carbocycles. The lowest BCUT2D eigenvalue weighted by molar-refractivity contribution is 0.590. The fraction of sp³-hybridized carbons (Fsp3) is 0.226. The van der Waals surface area contributed by atoms with E-state index >= 15 is 0 Å². The fourth-order valence-corrected chi connectivity index (χ4v) is 4.91. The molecule has 0 unspecified atom stereocenters. The number of imidazole rings is 1. The minimum atomic E-state index is 0.0963. The average Bonchev–Trinajstić information content (AvgIpc) is 3.38. The van der Waals surface area contributed by atoms with Gasteiger partial charge in [-0.1, -0.05) is 51.1 Å². The quantitative estimate of drug-likeness (QED) is 0.262. The molecular weight excluding hydrogens is 430 g/mol. The maximum atomic E-state index is 6.44. The highest BCUT2D eigenvalue weighted by Crippen LogP contribution is 2.39. The molecule has 0 aliphatic rings. The van der Waals surface area contributed by atoms with Crippen LogP contribution >= 0.6 is 0 Å². The van der Waals surface area contributed by atoms with Gasteiger partial charge < -0.3 is 4.42 Å². The van der Waals surface area contributed by atoms with Crippen molar-refractivity contribution < 1.29 is 4.42 Å². The van der Waals surface area contributed by atoms with Gasteiger partial charge >= 0.3 is 0 Å². The van der Waals surface area contributed by atoms with E-state index in [-0.39, 0.29) is 5.41 Å². The number of fused-ring (bicyclic) bond motifs is 4. The largest absolute Gasteiger partial charge is 0.437 e. The summed E-state index contributed by atoms with van der Waals surface area (Å²) in [4.78, 5) is 9.85. The number of nitrogens with zero attached hydrogens (tertiary/aromatic N) is 3.